The van der Waals surface area contributed by atoms with Crippen molar-refractivity contribution in [3.63, 3.8) is 0 Å². The van der Waals surface area contributed by atoms with Crippen LogP contribution in [0.5, 0.6) is 0 Å². The normalized spacial score (nSPS) is 12.0. The van der Waals surface area contributed by atoms with Crippen molar-refractivity contribution in [1.82, 2.24) is 10.2 Å². The van der Waals surface area contributed by atoms with E-state index in [-0.39, 0.29) is 37.7 Å². The highest BCUT2D eigenvalue weighted by molar-refractivity contribution is 9.10. The summed E-state index contributed by atoms with van der Waals surface area (Å²) in [4.78, 5) is 28.2. The number of carbonyl (C=O) groups excluding carboxylic acids is 2. The molecule has 1 atom stereocenters. The quantitative estimate of drug-likeness (QED) is 0.308. The monoisotopic (exact) mass is 619 g/mol. The number of carbonyl (C=O) groups is 2. The van der Waals surface area contributed by atoms with Crippen LogP contribution in [0, 0.1) is 0 Å². The first kappa shape index (κ1) is 29.7. The SMILES string of the molecule is CNC(=O)C(Cc1ccccc1)N(Cc1ccc(Br)cc1)C(=O)CCCN(c1ccc(Cl)cc1)S(C)(=O)=O. The number of amides is 2. The van der Waals surface area contributed by atoms with E-state index in [4.69, 9.17) is 11.6 Å². The van der Waals surface area contributed by atoms with Crippen molar-refractivity contribution in [1.29, 1.82) is 0 Å². The van der Waals surface area contributed by atoms with Crippen LogP contribution in [0.15, 0.2) is 83.3 Å². The fourth-order valence-electron chi connectivity index (χ4n) is 4.12. The van der Waals surface area contributed by atoms with Crippen molar-refractivity contribution in [2.24, 2.45) is 0 Å². The Labute approximate surface area is 238 Å². The molecule has 0 heterocycles. The highest BCUT2D eigenvalue weighted by Crippen LogP contribution is 2.22. The molecule has 2 amide bonds. The van der Waals surface area contributed by atoms with Crippen molar-refractivity contribution in [3.05, 3.63) is 99.5 Å². The molecule has 7 nitrogen and oxygen atoms in total. The average Bonchev–Trinajstić information content (AvgIpc) is 2.89. The summed E-state index contributed by atoms with van der Waals surface area (Å²) in [5.74, 6) is -0.500. The number of hydrogen-bond acceptors (Lipinski definition) is 4. The Morgan fingerprint density at radius 1 is 0.947 bits per heavy atom. The van der Waals surface area contributed by atoms with Gasteiger partial charge in [0.25, 0.3) is 0 Å². The fourth-order valence-corrected chi connectivity index (χ4v) is 5.47. The lowest BCUT2D eigenvalue weighted by atomic mass is 10.0. The average molecular weight is 621 g/mol. The molecule has 0 fully saturated rings. The second-order valence-electron chi connectivity index (χ2n) is 8.88. The Morgan fingerprint density at radius 3 is 2.16 bits per heavy atom. The summed E-state index contributed by atoms with van der Waals surface area (Å²) in [5.41, 5.74) is 2.28. The Kier molecular flexibility index (Phi) is 10.8. The molecule has 0 aromatic heterocycles. The van der Waals surface area contributed by atoms with Crippen molar-refractivity contribution >= 4 is 55.1 Å². The minimum atomic E-state index is -3.58. The van der Waals surface area contributed by atoms with Crippen LogP contribution in [-0.4, -0.2) is 51.0 Å². The predicted molar refractivity (Wildman–Crippen MR) is 156 cm³/mol. The van der Waals surface area contributed by atoms with E-state index < -0.39 is 16.1 Å². The molecule has 3 aromatic rings. The van der Waals surface area contributed by atoms with Gasteiger partial charge in [0.05, 0.1) is 11.9 Å². The van der Waals surface area contributed by atoms with Crippen LogP contribution in [0.2, 0.25) is 5.02 Å². The van der Waals surface area contributed by atoms with Crippen molar-refractivity contribution < 1.29 is 18.0 Å². The number of anilines is 1. The first-order chi connectivity index (χ1) is 18.1. The highest BCUT2D eigenvalue weighted by Gasteiger charge is 2.30. The van der Waals surface area contributed by atoms with Gasteiger partial charge in [0.1, 0.15) is 6.04 Å². The Balaban J connectivity index is 1.83. The minimum absolute atomic E-state index is 0.0679. The van der Waals surface area contributed by atoms with E-state index >= 15 is 0 Å². The lowest BCUT2D eigenvalue weighted by molar-refractivity contribution is -0.141. The summed E-state index contributed by atoms with van der Waals surface area (Å²) in [6.45, 7) is 0.353. The number of nitrogens with one attached hydrogen (secondary N) is 1. The smallest absolute Gasteiger partial charge is 0.242 e. The minimum Gasteiger partial charge on any atom is -0.357 e. The molecule has 0 aliphatic carbocycles. The number of rotatable bonds is 12. The number of halogens is 2. The van der Waals surface area contributed by atoms with E-state index in [0.29, 0.717) is 17.1 Å². The van der Waals surface area contributed by atoms with Gasteiger partial charge in [-0.1, -0.05) is 70.0 Å². The second kappa shape index (κ2) is 13.8. The topological polar surface area (TPSA) is 86.8 Å². The molecular formula is C28H31BrClN3O4S. The molecule has 10 heteroatoms. The Bertz CT molecular complexity index is 1320. The van der Waals surface area contributed by atoms with Crippen molar-refractivity contribution in [2.45, 2.75) is 31.8 Å². The molecule has 0 saturated carbocycles. The first-order valence-corrected chi connectivity index (χ1v) is 15.1. The lowest BCUT2D eigenvalue weighted by Crippen LogP contribution is -2.49. The van der Waals surface area contributed by atoms with Gasteiger partial charge in [0.2, 0.25) is 21.8 Å². The van der Waals surface area contributed by atoms with E-state index in [0.717, 1.165) is 21.9 Å². The van der Waals surface area contributed by atoms with Gasteiger partial charge < -0.3 is 10.2 Å². The van der Waals surface area contributed by atoms with Crippen molar-refractivity contribution in [2.75, 3.05) is 24.2 Å². The molecule has 1 unspecified atom stereocenters. The molecule has 0 aliphatic rings. The third-order valence-electron chi connectivity index (χ3n) is 6.05. The van der Waals surface area contributed by atoms with Gasteiger partial charge in [0, 0.05) is 42.5 Å². The maximum absolute atomic E-state index is 13.6. The first-order valence-electron chi connectivity index (χ1n) is 12.1. The van der Waals surface area contributed by atoms with E-state index in [1.807, 2.05) is 54.6 Å². The standard InChI is InChI=1S/C28H31BrClN3O4S/c1-31-28(35)26(19-21-7-4-3-5-8-21)32(20-22-10-12-23(29)13-11-22)27(34)9-6-18-33(38(2,36)37)25-16-14-24(30)15-17-25/h3-5,7-8,10-17,26H,6,9,18-20H2,1-2H3,(H,31,35). The zero-order chi connectivity index (χ0) is 27.7. The predicted octanol–water partition coefficient (Wildman–Crippen LogP) is 5.03. The van der Waals surface area contributed by atoms with Crippen LogP contribution >= 0.6 is 27.5 Å². The molecular weight excluding hydrogens is 590 g/mol. The van der Waals surface area contributed by atoms with Crippen LogP contribution in [0.3, 0.4) is 0 Å². The van der Waals surface area contributed by atoms with Gasteiger partial charge in [0.15, 0.2) is 0 Å². The van der Waals surface area contributed by atoms with E-state index in [1.54, 1.807) is 36.2 Å². The maximum Gasteiger partial charge on any atom is 0.242 e. The molecule has 0 aliphatic heterocycles. The fraction of sp³-hybridized carbons (Fsp3) is 0.286. The third-order valence-corrected chi connectivity index (χ3v) is 8.03. The summed E-state index contributed by atoms with van der Waals surface area (Å²) in [7, 11) is -2.02. The van der Waals surface area contributed by atoms with Gasteiger partial charge in [-0.2, -0.15) is 0 Å². The summed E-state index contributed by atoms with van der Waals surface area (Å²) in [5, 5.41) is 3.20. The number of nitrogens with zero attached hydrogens (tertiary/aromatic N) is 2. The zero-order valence-corrected chi connectivity index (χ0v) is 24.5. The van der Waals surface area contributed by atoms with Crippen molar-refractivity contribution in [3.8, 4) is 0 Å². The second-order valence-corrected chi connectivity index (χ2v) is 12.1. The molecule has 202 valence electrons. The number of sulfonamides is 1. The summed E-state index contributed by atoms with van der Waals surface area (Å²) >= 11 is 9.39. The molecule has 3 aromatic carbocycles. The van der Waals surface area contributed by atoms with Gasteiger partial charge in [-0.15, -0.1) is 0 Å². The summed E-state index contributed by atoms with van der Waals surface area (Å²) in [6.07, 6.45) is 1.82. The van der Waals surface area contributed by atoms with Crippen LogP contribution < -0.4 is 9.62 Å². The highest BCUT2D eigenvalue weighted by atomic mass is 79.9. The molecule has 1 N–H and O–H groups in total. The number of benzene rings is 3. The molecule has 3 rings (SSSR count). The summed E-state index contributed by atoms with van der Waals surface area (Å²) < 4.78 is 27.1. The van der Waals surface area contributed by atoms with Crippen LogP contribution in [0.1, 0.15) is 24.0 Å². The van der Waals surface area contributed by atoms with Gasteiger partial charge >= 0.3 is 0 Å². The molecule has 0 spiro atoms. The third kappa shape index (κ3) is 8.58. The van der Waals surface area contributed by atoms with Crippen LogP contribution in [0.25, 0.3) is 0 Å². The molecule has 0 saturated heterocycles. The van der Waals surface area contributed by atoms with Gasteiger partial charge in [-0.3, -0.25) is 13.9 Å². The lowest BCUT2D eigenvalue weighted by Gasteiger charge is -2.31. The number of hydrogen-bond donors (Lipinski definition) is 1. The maximum atomic E-state index is 13.6. The van der Waals surface area contributed by atoms with E-state index in [9.17, 15) is 18.0 Å². The summed E-state index contributed by atoms with van der Waals surface area (Å²) in [6, 6.07) is 22.9. The largest absolute Gasteiger partial charge is 0.357 e. The van der Waals surface area contributed by atoms with Gasteiger partial charge in [-0.25, -0.2) is 8.42 Å². The molecule has 0 radical (unpaired) electrons. The van der Waals surface area contributed by atoms with E-state index in [1.165, 1.54) is 4.31 Å². The molecule has 38 heavy (non-hydrogen) atoms. The molecule has 0 bridgehead atoms. The van der Waals surface area contributed by atoms with Crippen LogP contribution in [0.4, 0.5) is 5.69 Å². The Morgan fingerprint density at radius 2 is 1.58 bits per heavy atom. The van der Waals surface area contributed by atoms with E-state index in [2.05, 4.69) is 21.2 Å². The Hall–Kier alpha value is -2.88. The van der Waals surface area contributed by atoms with Gasteiger partial charge in [-0.05, 0) is 53.9 Å². The zero-order valence-electron chi connectivity index (χ0n) is 21.3. The van der Waals surface area contributed by atoms with Crippen LogP contribution in [-0.2, 0) is 32.6 Å². The number of likely N-dealkylation sites (N-methyl/N-ethyl adjacent to an activating group) is 1.